The van der Waals surface area contributed by atoms with Gasteiger partial charge in [0, 0.05) is 17.8 Å². The van der Waals surface area contributed by atoms with Crippen molar-refractivity contribution in [1.82, 2.24) is 19.4 Å². The van der Waals surface area contributed by atoms with Gasteiger partial charge in [0.1, 0.15) is 11.6 Å². The molecule has 1 aliphatic rings. The minimum absolute atomic E-state index is 0.0738. The molecule has 1 aromatic carbocycles. The van der Waals surface area contributed by atoms with Crippen LogP contribution in [0.1, 0.15) is 24.1 Å². The number of hydrogen-bond acceptors (Lipinski definition) is 8. The van der Waals surface area contributed by atoms with E-state index in [-0.39, 0.29) is 17.8 Å². The number of alkyl halides is 3. The molecule has 13 heteroatoms. The van der Waals surface area contributed by atoms with Crippen LogP contribution in [0.4, 0.5) is 13.2 Å². The van der Waals surface area contributed by atoms with Gasteiger partial charge >= 0.3 is 6.18 Å². The molecular weight excluding hydrogens is 513 g/mol. The number of methoxy groups -OCH3 is 2. The van der Waals surface area contributed by atoms with Gasteiger partial charge in [-0.05, 0) is 55.8 Å². The van der Waals surface area contributed by atoms with Gasteiger partial charge in [0.05, 0.1) is 26.5 Å². The van der Waals surface area contributed by atoms with Crippen molar-refractivity contribution in [3.05, 3.63) is 64.2 Å². The third-order valence-corrected chi connectivity index (χ3v) is 7.35. The molecule has 0 amide bonds. The SMILES string of the molecule is COc1ccc(Cn2cc(-c3cc(C(F)(F)F)nc(S(=O)(=O)CN4CCCC4)n3)ccc2=O)cc1OC. The van der Waals surface area contributed by atoms with Crippen molar-refractivity contribution in [3.63, 3.8) is 0 Å². The van der Waals surface area contributed by atoms with Gasteiger partial charge in [-0.2, -0.15) is 13.2 Å². The van der Waals surface area contributed by atoms with Crippen LogP contribution in [0.15, 0.2) is 52.5 Å². The van der Waals surface area contributed by atoms with Crippen molar-refractivity contribution in [2.24, 2.45) is 0 Å². The van der Waals surface area contributed by atoms with E-state index in [1.807, 2.05) is 0 Å². The first-order valence-corrected chi connectivity index (χ1v) is 13.0. The fourth-order valence-corrected chi connectivity index (χ4v) is 5.38. The molecular formula is C24H25F3N4O5S. The third kappa shape index (κ3) is 6.10. The first kappa shape index (κ1) is 26.6. The zero-order valence-electron chi connectivity index (χ0n) is 20.2. The molecule has 0 aliphatic carbocycles. The van der Waals surface area contributed by atoms with Gasteiger partial charge in [0.25, 0.3) is 5.56 Å². The summed E-state index contributed by atoms with van der Waals surface area (Å²) in [6.45, 7) is 1.14. The summed E-state index contributed by atoms with van der Waals surface area (Å²) >= 11 is 0. The molecule has 3 heterocycles. The number of hydrogen-bond donors (Lipinski definition) is 0. The molecule has 1 saturated heterocycles. The van der Waals surface area contributed by atoms with E-state index in [1.165, 1.54) is 37.1 Å². The highest BCUT2D eigenvalue weighted by molar-refractivity contribution is 7.91. The monoisotopic (exact) mass is 538 g/mol. The predicted molar refractivity (Wildman–Crippen MR) is 128 cm³/mol. The second-order valence-electron chi connectivity index (χ2n) is 8.56. The maximum Gasteiger partial charge on any atom is 0.433 e. The van der Waals surface area contributed by atoms with Crippen LogP contribution in [0.2, 0.25) is 0 Å². The van der Waals surface area contributed by atoms with Gasteiger partial charge in [0.15, 0.2) is 11.5 Å². The highest BCUT2D eigenvalue weighted by atomic mass is 32.2. The van der Waals surface area contributed by atoms with Crippen LogP contribution in [-0.2, 0) is 22.6 Å². The molecule has 4 rings (SSSR count). The molecule has 1 fully saturated rings. The molecule has 2 aromatic heterocycles. The maximum atomic E-state index is 13.6. The smallest absolute Gasteiger partial charge is 0.433 e. The Balaban J connectivity index is 1.74. The molecule has 0 saturated carbocycles. The van der Waals surface area contributed by atoms with Gasteiger partial charge in [-0.25, -0.2) is 18.4 Å². The lowest BCUT2D eigenvalue weighted by Crippen LogP contribution is -2.28. The van der Waals surface area contributed by atoms with Crippen LogP contribution in [0.25, 0.3) is 11.3 Å². The molecule has 0 unspecified atom stereocenters. The summed E-state index contributed by atoms with van der Waals surface area (Å²) in [7, 11) is -1.27. The maximum absolute atomic E-state index is 13.6. The van der Waals surface area contributed by atoms with E-state index >= 15 is 0 Å². The summed E-state index contributed by atoms with van der Waals surface area (Å²) in [6, 6.07) is 8.22. The third-order valence-electron chi connectivity index (χ3n) is 5.91. The quantitative estimate of drug-likeness (QED) is 0.403. The number of sulfone groups is 1. The number of nitrogens with zero attached hydrogens (tertiary/aromatic N) is 4. The molecule has 0 radical (unpaired) electrons. The standard InChI is InChI=1S/C24H25F3N4O5S/c1-35-19-7-5-16(11-20(19)36-2)13-31-14-17(6-8-22(31)32)18-12-21(24(25,26)27)29-23(28-18)37(33,34)15-30-9-3-4-10-30/h5-8,11-12,14H,3-4,9-10,13,15H2,1-2H3. The molecule has 0 bridgehead atoms. The second-order valence-corrected chi connectivity index (χ2v) is 10.4. The number of ether oxygens (including phenoxy) is 2. The van der Waals surface area contributed by atoms with E-state index in [0.717, 1.165) is 12.8 Å². The van der Waals surface area contributed by atoms with E-state index in [1.54, 1.807) is 23.1 Å². The Bertz CT molecular complexity index is 1450. The Kier molecular flexibility index (Phi) is 7.55. The number of halogens is 3. The number of aromatic nitrogens is 3. The van der Waals surface area contributed by atoms with E-state index in [0.29, 0.717) is 36.2 Å². The van der Waals surface area contributed by atoms with Crippen LogP contribution < -0.4 is 15.0 Å². The Hall–Kier alpha value is -3.45. The molecule has 0 atom stereocenters. The van der Waals surface area contributed by atoms with Crippen molar-refractivity contribution < 1.29 is 31.1 Å². The van der Waals surface area contributed by atoms with Gasteiger partial charge in [-0.1, -0.05) is 6.07 Å². The summed E-state index contributed by atoms with van der Waals surface area (Å²) < 4.78 is 78.5. The Labute approximate surface area is 211 Å². The molecule has 1 aliphatic heterocycles. The van der Waals surface area contributed by atoms with Gasteiger partial charge < -0.3 is 14.0 Å². The van der Waals surface area contributed by atoms with E-state index in [9.17, 15) is 26.4 Å². The average Bonchev–Trinajstić information content (AvgIpc) is 3.36. The number of likely N-dealkylation sites (tertiary alicyclic amines) is 1. The van der Waals surface area contributed by atoms with Crippen molar-refractivity contribution in [3.8, 4) is 22.8 Å². The van der Waals surface area contributed by atoms with Crippen molar-refractivity contribution >= 4 is 9.84 Å². The number of rotatable bonds is 8. The Morgan fingerprint density at radius 3 is 2.32 bits per heavy atom. The minimum atomic E-state index is -4.90. The topological polar surface area (TPSA) is 104 Å². The fourth-order valence-electron chi connectivity index (χ4n) is 4.05. The second kappa shape index (κ2) is 10.5. The Morgan fingerprint density at radius 1 is 0.973 bits per heavy atom. The summed E-state index contributed by atoms with van der Waals surface area (Å²) in [5.41, 5.74) is -1.25. The lowest BCUT2D eigenvalue weighted by atomic mass is 10.1. The minimum Gasteiger partial charge on any atom is -0.493 e. The normalized spacial score (nSPS) is 14.6. The van der Waals surface area contributed by atoms with Crippen LogP contribution in [0.5, 0.6) is 11.5 Å². The van der Waals surface area contributed by atoms with E-state index in [4.69, 9.17) is 9.47 Å². The highest BCUT2D eigenvalue weighted by Gasteiger charge is 2.36. The molecule has 198 valence electrons. The molecule has 0 spiro atoms. The zero-order valence-corrected chi connectivity index (χ0v) is 21.0. The first-order valence-electron chi connectivity index (χ1n) is 11.3. The highest BCUT2D eigenvalue weighted by Crippen LogP contribution is 2.32. The predicted octanol–water partition coefficient (Wildman–Crippen LogP) is 3.22. The van der Waals surface area contributed by atoms with Crippen molar-refractivity contribution in [2.75, 3.05) is 33.2 Å². The van der Waals surface area contributed by atoms with Crippen LogP contribution >= 0.6 is 0 Å². The van der Waals surface area contributed by atoms with Gasteiger partial charge in [-0.15, -0.1) is 0 Å². The Morgan fingerprint density at radius 2 is 1.68 bits per heavy atom. The zero-order chi connectivity index (χ0) is 26.8. The van der Waals surface area contributed by atoms with E-state index < -0.39 is 38.3 Å². The molecule has 37 heavy (non-hydrogen) atoms. The average molecular weight is 539 g/mol. The molecule has 3 aromatic rings. The lowest BCUT2D eigenvalue weighted by molar-refractivity contribution is -0.141. The molecule has 0 N–H and O–H groups in total. The van der Waals surface area contributed by atoms with Crippen LogP contribution in [0, 0.1) is 0 Å². The van der Waals surface area contributed by atoms with Gasteiger partial charge in [0.2, 0.25) is 15.0 Å². The van der Waals surface area contributed by atoms with Gasteiger partial charge in [-0.3, -0.25) is 9.69 Å². The number of pyridine rings is 1. The summed E-state index contributed by atoms with van der Waals surface area (Å²) in [5.74, 6) is 0.477. The summed E-state index contributed by atoms with van der Waals surface area (Å²) in [4.78, 5) is 21.5. The lowest BCUT2D eigenvalue weighted by Gasteiger charge is -2.16. The summed E-state index contributed by atoms with van der Waals surface area (Å²) in [6.07, 6.45) is -1.94. The number of benzene rings is 1. The van der Waals surface area contributed by atoms with Crippen molar-refractivity contribution in [2.45, 2.75) is 30.7 Å². The largest absolute Gasteiger partial charge is 0.493 e. The fraction of sp³-hybridized carbons (Fsp3) is 0.375. The molecule has 9 nitrogen and oxygen atoms in total. The van der Waals surface area contributed by atoms with Crippen molar-refractivity contribution in [1.29, 1.82) is 0 Å². The van der Waals surface area contributed by atoms with E-state index in [2.05, 4.69) is 9.97 Å². The van der Waals surface area contributed by atoms with Crippen LogP contribution in [-0.4, -0.2) is 61.0 Å². The van der Waals surface area contributed by atoms with Crippen LogP contribution in [0.3, 0.4) is 0 Å². The summed E-state index contributed by atoms with van der Waals surface area (Å²) in [5, 5.41) is -0.901. The first-order chi connectivity index (χ1) is 17.5.